The SMILES string of the molecule is CC(=O)c1cccc(S(=O)(=O)NCCCn2ccc3ccccc32)c1. The van der Waals surface area contributed by atoms with Gasteiger partial charge in [-0.3, -0.25) is 4.79 Å². The van der Waals surface area contributed by atoms with E-state index in [9.17, 15) is 13.2 Å². The molecule has 0 saturated heterocycles. The Labute approximate surface area is 147 Å². The number of benzene rings is 2. The van der Waals surface area contributed by atoms with Gasteiger partial charge in [-0.25, -0.2) is 13.1 Å². The molecule has 0 atom stereocenters. The first-order chi connectivity index (χ1) is 12.0. The predicted octanol–water partition coefficient (Wildman–Crippen LogP) is 3.21. The molecule has 0 amide bonds. The number of ketones is 1. The molecular formula is C19H20N2O3S. The number of hydrogen-bond acceptors (Lipinski definition) is 3. The minimum Gasteiger partial charge on any atom is -0.347 e. The second-order valence-corrected chi connectivity index (χ2v) is 7.67. The summed E-state index contributed by atoms with van der Waals surface area (Å²) in [5.74, 6) is -0.156. The van der Waals surface area contributed by atoms with E-state index in [2.05, 4.69) is 15.4 Å². The van der Waals surface area contributed by atoms with E-state index in [1.807, 2.05) is 30.5 Å². The van der Waals surface area contributed by atoms with Crippen molar-refractivity contribution >= 4 is 26.7 Å². The summed E-state index contributed by atoms with van der Waals surface area (Å²) in [6.07, 6.45) is 2.68. The van der Waals surface area contributed by atoms with Gasteiger partial charge in [0.15, 0.2) is 5.78 Å². The molecule has 1 heterocycles. The summed E-state index contributed by atoms with van der Waals surface area (Å²) in [6, 6.07) is 16.2. The van der Waals surface area contributed by atoms with Gasteiger partial charge in [0.05, 0.1) is 4.90 Å². The summed E-state index contributed by atoms with van der Waals surface area (Å²) in [4.78, 5) is 11.5. The van der Waals surface area contributed by atoms with Gasteiger partial charge in [-0.05, 0) is 43.0 Å². The highest BCUT2D eigenvalue weighted by Gasteiger charge is 2.14. The van der Waals surface area contributed by atoms with Crippen molar-refractivity contribution in [1.29, 1.82) is 0 Å². The Hall–Kier alpha value is -2.44. The normalized spacial score (nSPS) is 11.7. The molecule has 0 aliphatic rings. The minimum atomic E-state index is -3.61. The highest BCUT2D eigenvalue weighted by atomic mass is 32.2. The van der Waals surface area contributed by atoms with Gasteiger partial charge < -0.3 is 4.57 Å². The number of carbonyl (C=O) groups is 1. The molecule has 0 aliphatic carbocycles. The van der Waals surface area contributed by atoms with Gasteiger partial charge in [0.25, 0.3) is 0 Å². The van der Waals surface area contributed by atoms with Crippen LogP contribution in [0, 0.1) is 0 Å². The van der Waals surface area contributed by atoms with E-state index in [0.717, 1.165) is 12.1 Å². The van der Waals surface area contributed by atoms with Crippen LogP contribution in [0.4, 0.5) is 0 Å². The average Bonchev–Trinajstić information content (AvgIpc) is 3.02. The lowest BCUT2D eigenvalue weighted by atomic mass is 10.2. The van der Waals surface area contributed by atoms with E-state index in [1.54, 1.807) is 12.1 Å². The fourth-order valence-electron chi connectivity index (χ4n) is 2.76. The third-order valence-electron chi connectivity index (χ3n) is 4.10. The van der Waals surface area contributed by atoms with Gasteiger partial charge in [-0.2, -0.15) is 0 Å². The maximum atomic E-state index is 12.4. The van der Waals surface area contributed by atoms with E-state index < -0.39 is 10.0 Å². The van der Waals surface area contributed by atoms with Crippen LogP contribution in [0.5, 0.6) is 0 Å². The fourth-order valence-corrected chi connectivity index (χ4v) is 3.88. The fraction of sp³-hybridized carbons (Fsp3) is 0.211. The molecule has 6 heteroatoms. The molecule has 130 valence electrons. The standard InChI is InChI=1S/C19H20N2O3S/c1-15(22)17-7-4-8-18(14-17)25(23,24)20-11-5-12-21-13-10-16-6-2-3-9-19(16)21/h2-4,6-10,13-14,20H,5,11-12H2,1H3. The zero-order chi connectivity index (χ0) is 17.9. The zero-order valence-electron chi connectivity index (χ0n) is 14.0. The molecule has 25 heavy (non-hydrogen) atoms. The van der Waals surface area contributed by atoms with Crippen molar-refractivity contribution in [3.05, 3.63) is 66.4 Å². The lowest BCUT2D eigenvalue weighted by Gasteiger charge is -2.09. The van der Waals surface area contributed by atoms with Gasteiger partial charge in [0.1, 0.15) is 0 Å². The third-order valence-corrected chi connectivity index (χ3v) is 5.56. The average molecular weight is 356 g/mol. The number of nitrogens with zero attached hydrogens (tertiary/aromatic N) is 1. The lowest BCUT2D eigenvalue weighted by molar-refractivity contribution is 0.101. The van der Waals surface area contributed by atoms with Crippen LogP contribution in [-0.2, 0) is 16.6 Å². The van der Waals surface area contributed by atoms with E-state index in [4.69, 9.17) is 0 Å². The topological polar surface area (TPSA) is 68.2 Å². The van der Waals surface area contributed by atoms with Crippen LogP contribution >= 0.6 is 0 Å². The van der Waals surface area contributed by atoms with Crippen molar-refractivity contribution in [3.8, 4) is 0 Å². The van der Waals surface area contributed by atoms with Crippen LogP contribution < -0.4 is 4.72 Å². The summed E-state index contributed by atoms with van der Waals surface area (Å²) >= 11 is 0. The molecular weight excluding hydrogens is 336 g/mol. The van der Waals surface area contributed by atoms with Gasteiger partial charge >= 0.3 is 0 Å². The first-order valence-corrected chi connectivity index (χ1v) is 9.60. The Bertz CT molecular complexity index is 1010. The van der Waals surface area contributed by atoms with Crippen molar-refractivity contribution in [3.63, 3.8) is 0 Å². The maximum absolute atomic E-state index is 12.4. The van der Waals surface area contributed by atoms with Crippen LogP contribution in [0.3, 0.4) is 0 Å². The van der Waals surface area contributed by atoms with Crippen LogP contribution in [0.1, 0.15) is 23.7 Å². The molecule has 0 spiro atoms. The van der Waals surface area contributed by atoms with Gasteiger partial charge in [-0.1, -0.05) is 30.3 Å². The number of para-hydroxylation sites is 1. The zero-order valence-corrected chi connectivity index (χ0v) is 14.8. The molecule has 0 saturated carbocycles. The quantitative estimate of drug-likeness (QED) is 0.522. The Kier molecular flexibility index (Phi) is 5.01. The van der Waals surface area contributed by atoms with E-state index in [-0.39, 0.29) is 10.7 Å². The number of aryl methyl sites for hydroxylation is 1. The number of carbonyl (C=O) groups excluding carboxylic acids is 1. The van der Waals surface area contributed by atoms with Crippen molar-refractivity contribution in [1.82, 2.24) is 9.29 Å². The number of nitrogens with one attached hydrogen (secondary N) is 1. The molecule has 2 aromatic carbocycles. The van der Waals surface area contributed by atoms with E-state index in [0.29, 0.717) is 18.5 Å². The number of fused-ring (bicyclic) bond motifs is 1. The first-order valence-electron chi connectivity index (χ1n) is 8.12. The van der Waals surface area contributed by atoms with Crippen molar-refractivity contribution in [2.45, 2.75) is 24.8 Å². The molecule has 3 rings (SSSR count). The van der Waals surface area contributed by atoms with Crippen LogP contribution in [0.15, 0.2) is 65.7 Å². The Balaban J connectivity index is 1.61. The second-order valence-electron chi connectivity index (χ2n) is 5.90. The van der Waals surface area contributed by atoms with Crippen molar-refractivity contribution in [2.75, 3.05) is 6.54 Å². The summed E-state index contributed by atoms with van der Waals surface area (Å²) in [5.41, 5.74) is 1.53. The molecule has 0 fully saturated rings. The van der Waals surface area contributed by atoms with Gasteiger partial charge in [0, 0.05) is 30.4 Å². The van der Waals surface area contributed by atoms with Crippen LogP contribution in [0.25, 0.3) is 10.9 Å². The largest absolute Gasteiger partial charge is 0.347 e. The van der Waals surface area contributed by atoms with Crippen LogP contribution in [-0.4, -0.2) is 25.3 Å². The highest BCUT2D eigenvalue weighted by molar-refractivity contribution is 7.89. The number of sulfonamides is 1. The van der Waals surface area contributed by atoms with Gasteiger partial charge in [-0.15, -0.1) is 0 Å². The summed E-state index contributed by atoms with van der Waals surface area (Å²) in [7, 11) is -3.61. The van der Waals surface area contributed by atoms with Gasteiger partial charge in [0.2, 0.25) is 10.0 Å². The molecule has 1 aromatic heterocycles. The third kappa shape index (κ3) is 3.97. The Morgan fingerprint density at radius 1 is 1.08 bits per heavy atom. The molecule has 1 N–H and O–H groups in total. The Morgan fingerprint density at radius 3 is 2.68 bits per heavy atom. The van der Waals surface area contributed by atoms with E-state index in [1.165, 1.54) is 24.4 Å². The number of rotatable bonds is 7. The first kappa shape index (κ1) is 17.4. The lowest BCUT2D eigenvalue weighted by Crippen LogP contribution is -2.25. The predicted molar refractivity (Wildman–Crippen MR) is 98.2 cm³/mol. The highest BCUT2D eigenvalue weighted by Crippen LogP contribution is 2.15. The monoisotopic (exact) mass is 356 g/mol. The Morgan fingerprint density at radius 2 is 1.88 bits per heavy atom. The minimum absolute atomic E-state index is 0.117. The molecule has 5 nitrogen and oxygen atoms in total. The second kappa shape index (κ2) is 7.21. The van der Waals surface area contributed by atoms with Crippen molar-refractivity contribution < 1.29 is 13.2 Å². The molecule has 0 unspecified atom stereocenters. The molecule has 0 bridgehead atoms. The summed E-state index contributed by atoms with van der Waals surface area (Å²) < 4.78 is 29.4. The summed E-state index contributed by atoms with van der Waals surface area (Å²) in [5, 5.41) is 1.17. The summed E-state index contributed by atoms with van der Waals surface area (Å²) in [6.45, 7) is 2.48. The van der Waals surface area contributed by atoms with E-state index >= 15 is 0 Å². The molecule has 0 aliphatic heterocycles. The number of hydrogen-bond donors (Lipinski definition) is 1. The molecule has 0 radical (unpaired) electrons. The maximum Gasteiger partial charge on any atom is 0.240 e. The van der Waals surface area contributed by atoms with Crippen molar-refractivity contribution in [2.24, 2.45) is 0 Å². The number of Topliss-reactive ketones (excluding diaryl/α,β-unsaturated/α-hetero) is 1. The van der Waals surface area contributed by atoms with Crippen LogP contribution in [0.2, 0.25) is 0 Å². The smallest absolute Gasteiger partial charge is 0.240 e. The number of aromatic nitrogens is 1. The molecule has 3 aromatic rings.